The third-order valence-corrected chi connectivity index (χ3v) is 4.99. The zero-order valence-electron chi connectivity index (χ0n) is 14.1. The van der Waals surface area contributed by atoms with Gasteiger partial charge in [0.2, 0.25) is 11.3 Å². The first kappa shape index (κ1) is 15.6. The Hall–Kier alpha value is -1.96. The molecule has 2 saturated heterocycles. The van der Waals surface area contributed by atoms with E-state index in [0.29, 0.717) is 11.3 Å². The molecule has 0 bridgehead atoms. The van der Waals surface area contributed by atoms with Gasteiger partial charge < -0.3 is 14.5 Å². The molecule has 24 heavy (non-hydrogen) atoms. The van der Waals surface area contributed by atoms with Crippen LogP contribution in [0, 0.1) is 0 Å². The largest absolute Gasteiger partial charge is 0.380 e. The summed E-state index contributed by atoms with van der Waals surface area (Å²) in [6.07, 6.45) is 7.37. The molecule has 2 aliphatic rings. The van der Waals surface area contributed by atoms with E-state index in [9.17, 15) is 0 Å². The first-order valence-corrected chi connectivity index (χ1v) is 8.88. The Balaban J connectivity index is 1.72. The zero-order chi connectivity index (χ0) is 16.4. The number of nitrogens with zero attached hydrogens (tertiary/aromatic N) is 6. The van der Waals surface area contributed by atoms with Gasteiger partial charge in [-0.15, -0.1) is 0 Å². The molecule has 130 valence electrons. The molecular weight excluding hydrogens is 308 g/mol. The van der Waals surface area contributed by atoms with Crippen LogP contribution in [0.25, 0.3) is 11.3 Å². The Labute approximate surface area is 141 Å². The molecule has 2 aromatic heterocycles. The van der Waals surface area contributed by atoms with Crippen molar-refractivity contribution in [1.82, 2.24) is 20.3 Å². The Morgan fingerprint density at radius 3 is 2.17 bits per heavy atom. The summed E-state index contributed by atoms with van der Waals surface area (Å²) in [6.45, 7) is 3.83. The van der Waals surface area contributed by atoms with E-state index in [1.165, 1.54) is 25.7 Å². The van der Waals surface area contributed by atoms with E-state index in [2.05, 4.69) is 20.1 Å². The fourth-order valence-electron chi connectivity index (χ4n) is 3.65. The first-order chi connectivity index (χ1) is 11.8. The number of ether oxygens (including phenoxy) is 1. The van der Waals surface area contributed by atoms with Crippen LogP contribution in [-0.2, 0) is 4.74 Å². The minimum atomic E-state index is 0.240. The molecule has 0 amide bonds. The molecule has 2 fully saturated rings. The van der Waals surface area contributed by atoms with E-state index in [0.717, 1.165) is 50.7 Å². The molecule has 1 atom stereocenters. The summed E-state index contributed by atoms with van der Waals surface area (Å²) in [6, 6.07) is 0. The number of hydrogen-bond donors (Lipinski definition) is 0. The highest BCUT2D eigenvalue weighted by Crippen LogP contribution is 2.31. The second-order valence-corrected chi connectivity index (χ2v) is 6.63. The maximum absolute atomic E-state index is 5.57. The zero-order valence-corrected chi connectivity index (χ0v) is 14.1. The second-order valence-electron chi connectivity index (χ2n) is 6.63. The average Bonchev–Trinajstić information content (AvgIpc) is 2.92. The number of methoxy groups -OCH3 is 1. The SMILES string of the molecule is CO[C@H]1CCCN(c2nc3nonc3nc2N2CCCCCC2)C1. The van der Waals surface area contributed by atoms with Crippen LogP contribution in [0.15, 0.2) is 4.63 Å². The Kier molecular flexibility index (Phi) is 4.46. The third-order valence-electron chi connectivity index (χ3n) is 4.99. The lowest BCUT2D eigenvalue weighted by Crippen LogP contribution is -2.41. The van der Waals surface area contributed by atoms with Crippen molar-refractivity contribution < 1.29 is 9.37 Å². The van der Waals surface area contributed by atoms with Crippen LogP contribution in [0.2, 0.25) is 0 Å². The maximum atomic E-state index is 5.57. The number of anilines is 2. The number of hydrogen-bond acceptors (Lipinski definition) is 8. The molecule has 0 aliphatic carbocycles. The molecule has 0 spiro atoms. The maximum Gasteiger partial charge on any atom is 0.245 e. The second kappa shape index (κ2) is 6.88. The van der Waals surface area contributed by atoms with Crippen LogP contribution in [0.1, 0.15) is 38.5 Å². The van der Waals surface area contributed by atoms with Crippen LogP contribution >= 0.6 is 0 Å². The van der Waals surface area contributed by atoms with Crippen molar-refractivity contribution >= 4 is 22.9 Å². The van der Waals surface area contributed by atoms with E-state index >= 15 is 0 Å². The van der Waals surface area contributed by atoms with E-state index in [4.69, 9.17) is 19.3 Å². The van der Waals surface area contributed by atoms with Crippen LogP contribution in [0.4, 0.5) is 11.6 Å². The Morgan fingerprint density at radius 2 is 1.50 bits per heavy atom. The van der Waals surface area contributed by atoms with Gasteiger partial charge in [0, 0.05) is 33.3 Å². The van der Waals surface area contributed by atoms with Crippen molar-refractivity contribution in [1.29, 1.82) is 0 Å². The Morgan fingerprint density at radius 1 is 0.875 bits per heavy atom. The minimum Gasteiger partial charge on any atom is -0.380 e. The van der Waals surface area contributed by atoms with Crippen LogP contribution in [0.5, 0.6) is 0 Å². The first-order valence-electron chi connectivity index (χ1n) is 8.88. The van der Waals surface area contributed by atoms with E-state index < -0.39 is 0 Å². The van der Waals surface area contributed by atoms with Gasteiger partial charge in [-0.05, 0) is 36.0 Å². The van der Waals surface area contributed by atoms with Gasteiger partial charge in [0.15, 0.2) is 11.6 Å². The highest BCUT2D eigenvalue weighted by molar-refractivity contribution is 5.74. The predicted octanol–water partition coefficient (Wildman–Crippen LogP) is 2.01. The summed E-state index contributed by atoms with van der Waals surface area (Å²) in [4.78, 5) is 14.1. The standard InChI is InChI=1S/C16H24N6O2/c1-23-12-7-6-10-22(11-12)16-15(21-8-4-2-3-5-9-21)17-13-14(18-16)20-24-19-13/h12H,2-11H2,1H3/t12-/m0/s1. The molecule has 0 radical (unpaired) electrons. The minimum absolute atomic E-state index is 0.240. The molecule has 0 aromatic carbocycles. The summed E-state index contributed by atoms with van der Waals surface area (Å²) in [5.74, 6) is 1.80. The normalized spacial score (nSPS) is 22.8. The van der Waals surface area contributed by atoms with Crippen molar-refractivity contribution in [2.75, 3.05) is 43.1 Å². The topological polar surface area (TPSA) is 80.4 Å². The monoisotopic (exact) mass is 332 g/mol. The van der Waals surface area contributed by atoms with Crippen molar-refractivity contribution in [3.8, 4) is 0 Å². The molecule has 0 N–H and O–H groups in total. The number of fused-ring (bicyclic) bond motifs is 1. The van der Waals surface area contributed by atoms with Gasteiger partial charge in [0.25, 0.3) is 0 Å². The molecular formula is C16H24N6O2. The molecule has 2 aromatic rings. The van der Waals surface area contributed by atoms with Gasteiger partial charge in [-0.2, -0.15) is 0 Å². The van der Waals surface area contributed by atoms with Gasteiger partial charge in [-0.1, -0.05) is 12.8 Å². The van der Waals surface area contributed by atoms with Crippen molar-refractivity contribution in [3.05, 3.63) is 0 Å². The van der Waals surface area contributed by atoms with Gasteiger partial charge in [-0.25, -0.2) is 14.6 Å². The molecule has 4 rings (SSSR count). The molecule has 0 saturated carbocycles. The molecule has 0 unspecified atom stereocenters. The fraction of sp³-hybridized carbons (Fsp3) is 0.750. The lowest BCUT2D eigenvalue weighted by atomic mass is 10.1. The van der Waals surface area contributed by atoms with Crippen LogP contribution < -0.4 is 9.80 Å². The number of piperidine rings is 1. The smallest absolute Gasteiger partial charge is 0.245 e. The molecule has 8 nitrogen and oxygen atoms in total. The fourth-order valence-corrected chi connectivity index (χ4v) is 3.65. The molecule has 2 aliphatic heterocycles. The predicted molar refractivity (Wildman–Crippen MR) is 90.3 cm³/mol. The highest BCUT2D eigenvalue weighted by Gasteiger charge is 2.27. The Bertz CT molecular complexity index is 682. The lowest BCUT2D eigenvalue weighted by molar-refractivity contribution is 0.0891. The average molecular weight is 332 g/mol. The van der Waals surface area contributed by atoms with E-state index in [-0.39, 0.29) is 6.10 Å². The van der Waals surface area contributed by atoms with Gasteiger partial charge >= 0.3 is 0 Å². The van der Waals surface area contributed by atoms with E-state index in [1.54, 1.807) is 7.11 Å². The summed E-state index contributed by atoms with van der Waals surface area (Å²) in [5.41, 5.74) is 0.960. The number of aromatic nitrogens is 4. The molecule has 4 heterocycles. The van der Waals surface area contributed by atoms with Gasteiger partial charge in [0.1, 0.15) is 0 Å². The lowest BCUT2D eigenvalue weighted by Gasteiger charge is -2.35. The third kappa shape index (κ3) is 3.02. The van der Waals surface area contributed by atoms with Crippen molar-refractivity contribution in [2.24, 2.45) is 0 Å². The van der Waals surface area contributed by atoms with E-state index in [1.807, 2.05) is 0 Å². The highest BCUT2D eigenvalue weighted by atomic mass is 16.6. The summed E-state index contributed by atoms with van der Waals surface area (Å²) in [5, 5.41) is 7.77. The quantitative estimate of drug-likeness (QED) is 0.844. The van der Waals surface area contributed by atoms with Gasteiger partial charge in [-0.3, -0.25) is 0 Å². The molecule has 8 heteroatoms. The van der Waals surface area contributed by atoms with Gasteiger partial charge in [0.05, 0.1) is 6.10 Å². The number of rotatable bonds is 3. The van der Waals surface area contributed by atoms with Crippen LogP contribution in [0.3, 0.4) is 0 Å². The van der Waals surface area contributed by atoms with Crippen molar-refractivity contribution in [2.45, 2.75) is 44.6 Å². The summed E-state index contributed by atoms with van der Waals surface area (Å²) >= 11 is 0. The summed E-state index contributed by atoms with van der Waals surface area (Å²) in [7, 11) is 1.78. The van der Waals surface area contributed by atoms with Crippen molar-refractivity contribution in [3.63, 3.8) is 0 Å². The summed E-state index contributed by atoms with van der Waals surface area (Å²) < 4.78 is 10.4. The van der Waals surface area contributed by atoms with Crippen LogP contribution in [-0.4, -0.2) is 59.7 Å².